The molecule has 0 unspecified atom stereocenters. The molecule has 0 heterocycles. The highest BCUT2D eigenvalue weighted by Gasteiger charge is 2.11. The highest BCUT2D eigenvalue weighted by Crippen LogP contribution is 2.35. The molecule has 0 saturated carbocycles. The number of likely N-dealkylation sites (N-methyl/N-ethyl adjacent to an activating group) is 1. The normalized spacial score (nSPS) is 11.5. The summed E-state index contributed by atoms with van der Waals surface area (Å²) >= 11 is 0. The van der Waals surface area contributed by atoms with E-state index in [4.69, 9.17) is 0 Å². The van der Waals surface area contributed by atoms with Crippen LogP contribution in [0.3, 0.4) is 0 Å². The van der Waals surface area contributed by atoms with E-state index in [2.05, 4.69) is 59.9 Å². The Bertz CT molecular complexity index is 955. The van der Waals surface area contributed by atoms with Gasteiger partial charge in [-0.1, -0.05) is 54.6 Å². The molecular weight excluding hydrogens is 258 g/mol. The number of nitrogens with one attached hydrogen (secondary N) is 1. The topological polar surface area (TPSA) is 29.1 Å². The zero-order valence-corrected chi connectivity index (χ0v) is 11.8. The van der Waals surface area contributed by atoms with Crippen LogP contribution in [0.1, 0.15) is 5.56 Å². The SMILES string of the molecule is CNC(=O)Cc1ccc2ccc3cccc4ccc1c2c34. The Kier molecular flexibility index (Phi) is 2.58. The molecule has 4 rings (SSSR count). The van der Waals surface area contributed by atoms with Gasteiger partial charge in [0.1, 0.15) is 0 Å². The van der Waals surface area contributed by atoms with Gasteiger partial charge < -0.3 is 5.32 Å². The average molecular weight is 273 g/mol. The van der Waals surface area contributed by atoms with E-state index in [-0.39, 0.29) is 5.91 Å². The van der Waals surface area contributed by atoms with E-state index < -0.39 is 0 Å². The summed E-state index contributed by atoms with van der Waals surface area (Å²) in [6.07, 6.45) is 0.421. The van der Waals surface area contributed by atoms with E-state index in [0.29, 0.717) is 6.42 Å². The number of carbonyl (C=O) groups is 1. The quantitative estimate of drug-likeness (QED) is 0.552. The molecule has 0 atom stereocenters. The molecule has 102 valence electrons. The van der Waals surface area contributed by atoms with Crippen LogP contribution >= 0.6 is 0 Å². The highest BCUT2D eigenvalue weighted by atomic mass is 16.1. The number of benzene rings is 4. The van der Waals surface area contributed by atoms with Crippen LogP contribution in [0, 0.1) is 0 Å². The summed E-state index contributed by atoms with van der Waals surface area (Å²) in [6, 6.07) is 19.2. The molecule has 0 saturated heterocycles. The van der Waals surface area contributed by atoms with E-state index in [1.165, 1.54) is 32.3 Å². The van der Waals surface area contributed by atoms with Crippen molar-refractivity contribution in [1.29, 1.82) is 0 Å². The molecule has 0 fully saturated rings. The summed E-state index contributed by atoms with van der Waals surface area (Å²) in [5, 5.41) is 10.2. The molecular formula is C19H15NO. The van der Waals surface area contributed by atoms with Crippen molar-refractivity contribution in [3.8, 4) is 0 Å². The van der Waals surface area contributed by atoms with Crippen LogP contribution in [0.25, 0.3) is 32.3 Å². The Balaban J connectivity index is 2.13. The van der Waals surface area contributed by atoms with Gasteiger partial charge in [0.05, 0.1) is 6.42 Å². The molecule has 0 aromatic heterocycles. The molecule has 0 aliphatic rings. The van der Waals surface area contributed by atoms with Crippen LogP contribution < -0.4 is 5.32 Å². The van der Waals surface area contributed by atoms with Crippen molar-refractivity contribution in [3.63, 3.8) is 0 Å². The van der Waals surface area contributed by atoms with Crippen molar-refractivity contribution in [1.82, 2.24) is 5.32 Å². The predicted molar refractivity (Wildman–Crippen MR) is 87.9 cm³/mol. The van der Waals surface area contributed by atoms with E-state index in [9.17, 15) is 4.79 Å². The number of amides is 1. The second-order valence-corrected chi connectivity index (χ2v) is 5.43. The lowest BCUT2D eigenvalue weighted by Gasteiger charge is -2.13. The zero-order valence-electron chi connectivity index (χ0n) is 11.8. The maximum Gasteiger partial charge on any atom is 0.224 e. The van der Waals surface area contributed by atoms with Crippen LogP contribution in [-0.4, -0.2) is 13.0 Å². The summed E-state index contributed by atoms with van der Waals surface area (Å²) in [7, 11) is 1.68. The molecule has 0 spiro atoms. The first kappa shape index (κ1) is 12.2. The largest absolute Gasteiger partial charge is 0.359 e. The van der Waals surface area contributed by atoms with Crippen LogP contribution in [0.15, 0.2) is 54.6 Å². The number of hydrogen-bond donors (Lipinski definition) is 1. The Labute approximate surface area is 122 Å². The molecule has 4 aromatic rings. The molecule has 2 heteroatoms. The van der Waals surface area contributed by atoms with Gasteiger partial charge in [0.15, 0.2) is 0 Å². The van der Waals surface area contributed by atoms with Crippen molar-refractivity contribution in [2.45, 2.75) is 6.42 Å². The Morgan fingerprint density at radius 3 is 2.19 bits per heavy atom. The smallest absolute Gasteiger partial charge is 0.224 e. The lowest BCUT2D eigenvalue weighted by atomic mass is 9.91. The second kappa shape index (κ2) is 4.45. The average Bonchev–Trinajstić information content (AvgIpc) is 2.53. The fourth-order valence-electron chi connectivity index (χ4n) is 3.21. The lowest BCUT2D eigenvalue weighted by molar-refractivity contribution is -0.119. The van der Waals surface area contributed by atoms with Gasteiger partial charge >= 0.3 is 0 Å². The number of carbonyl (C=O) groups excluding carboxylic acids is 1. The van der Waals surface area contributed by atoms with E-state index >= 15 is 0 Å². The van der Waals surface area contributed by atoms with Gasteiger partial charge in [0, 0.05) is 7.05 Å². The van der Waals surface area contributed by atoms with Gasteiger partial charge in [0.25, 0.3) is 0 Å². The molecule has 0 radical (unpaired) electrons. The van der Waals surface area contributed by atoms with Gasteiger partial charge in [-0.2, -0.15) is 0 Å². The number of hydrogen-bond acceptors (Lipinski definition) is 1. The summed E-state index contributed by atoms with van der Waals surface area (Å²) in [6.45, 7) is 0. The van der Waals surface area contributed by atoms with Crippen molar-refractivity contribution >= 4 is 38.2 Å². The minimum absolute atomic E-state index is 0.0463. The van der Waals surface area contributed by atoms with Gasteiger partial charge in [-0.05, 0) is 37.9 Å². The third-order valence-corrected chi connectivity index (χ3v) is 4.25. The monoisotopic (exact) mass is 273 g/mol. The van der Waals surface area contributed by atoms with Gasteiger partial charge in [0.2, 0.25) is 5.91 Å². The second-order valence-electron chi connectivity index (χ2n) is 5.43. The van der Waals surface area contributed by atoms with Gasteiger partial charge in [-0.15, -0.1) is 0 Å². The summed E-state index contributed by atoms with van der Waals surface area (Å²) in [5.41, 5.74) is 1.08. The Morgan fingerprint density at radius 2 is 1.48 bits per heavy atom. The predicted octanol–water partition coefficient (Wildman–Crippen LogP) is 3.87. The molecule has 0 bridgehead atoms. The molecule has 0 aliphatic carbocycles. The Morgan fingerprint density at radius 1 is 0.857 bits per heavy atom. The minimum atomic E-state index is 0.0463. The zero-order chi connectivity index (χ0) is 14.4. The van der Waals surface area contributed by atoms with Crippen molar-refractivity contribution < 1.29 is 4.79 Å². The molecule has 1 N–H and O–H groups in total. The van der Waals surface area contributed by atoms with Crippen LogP contribution in [0.4, 0.5) is 0 Å². The van der Waals surface area contributed by atoms with Crippen LogP contribution in [0.2, 0.25) is 0 Å². The summed E-state index contributed by atoms with van der Waals surface area (Å²) < 4.78 is 0. The standard InChI is InChI=1S/C19H15NO/c1-20-17(21)11-15-8-7-14-6-5-12-3-2-4-13-9-10-16(15)19(14)18(12)13/h2-10H,11H2,1H3,(H,20,21). The third kappa shape index (κ3) is 1.76. The summed E-state index contributed by atoms with van der Waals surface area (Å²) in [5.74, 6) is 0.0463. The van der Waals surface area contributed by atoms with Crippen molar-refractivity contribution in [3.05, 3.63) is 60.2 Å². The summed E-state index contributed by atoms with van der Waals surface area (Å²) in [4.78, 5) is 11.7. The highest BCUT2D eigenvalue weighted by molar-refractivity contribution is 6.23. The lowest BCUT2D eigenvalue weighted by Crippen LogP contribution is -2.20. The first-order chi connectivity index (χ1) is 10.3. The molecule has 2 nitrogen and oxygen atoms in total. The van der Waals surface area contributed by atoms with E-state index in [0.717, 1.165) is 5.56 Å². The molecule has 0 aliphatic heterocycles. The fraction of sp³-hybridized carbons (Fsp3) is 0.105. The van der Waals surface area contributed by atoms with E-state index in [1.54, 1.807) is 7.05 Å². The van der Waals surface area contributed by atoms with Crippen molar-refractivity contribution in [2.75, 3.05) is 7.05 Å². The first-order valence-electron chi connectivity index (χ1n) is 7.14. The third-order valence-electron chi connectivity index (χ3n) is 4.25. The van der Waals surface area contributed by atoms with E-state index in [1.807, 2.05) is 0 Å². The van der Waals surface area contributed by atoms with Crippen molar-refractivity contribution in [2.24, 2.45) is 0 Å². The van der Waals surface area contributed by atoms with Gasteiger partial charge in [-0.25, -0.2) is 0 Å². The molecule has 1 amide bonds. The van der Waals surface area contributed by atoms with Crippen LogP contribution in [-0.2, 0) is 11.2 Å². The number of rotatable bonds is 2. The fourth-order valence-corrected chi connectivity index (χ4v) is 3.21. The van der Waals surface area contributed by atoms with Gasteiger partial charge in [-0.3, -0.25) is 4.79 Å². The maximum atomic E-state index is 11.7. The maximum absolute atomic E-state index is 11.7. The van der Waals surface area contributed by atoms with Crippen LogP contribution in [0.5, 0.6) is 0 Å². The Hall–Kier alpha value is -2.61. The molecule has 21 heavy (non-hydrogen) atoms. The minimum Gasteiger partial charge on any atom is -0.359 e. The molecule has 4 aromatic carbocycles. The first-order valence-corrected chi connectivity index (χ1v) is 7.14.